The number of aryl methyl sites for hydroxylation is 1. The van der Waals surface area contributed by atoms with Gasteiger partial charge in [-0.25, -0.2) is 4.98 Å². The van der Waals surface area contributed by atoms with E-state index in [1.54, 1.807) is 0 Å². The van der Waals surface area contributed by atoms with Crippen LogP contribution in [-0.2, 0) is 23.1 Å². The molecule has 0 aliphatic carbocycles. The van der Waals surface area contributed by atoms with Crippen molar-refractivity contribution in [1.29, 1.82) is 0 Å². The van der Waals surface area contributed by atoms with Crippen LogP contribution >= 0.6 is 0 Å². The second-order valence-electron chi connectivity index (χ2n) is 6.19. The van der Waals surface area contributed by atoms with E-state index in [0.29, 0.717) is 0 Å². The van der Waals surface area contributed by atoms with E-state index in [4.69, 9.17) is 4.74 Å². The highest BCUT2D eigenvalue weighted by Crippen LogP contribution is 2.22. The third kappa shape index (κ3) is 2.38. The van der Waals surface area contributed by atoms with E-state index in [1.807, 2.05) is 19.4 Å². The monoisotopic (exact) mass is 300 g/mol. The molecule has 0 spiro atoms. The Balaban J connectivity index is 1.53. The average Bonchev–Trinajstić information content (AvgIpc) is 2.89. The van der Waals surface area contributed by atoms with Gasteiger partial charge in [-0.3, -0.25) is 9.69 Å². The van der Waals surface area contributed by atoms with Crippen LogP contribution in [0.2, 0.25) is 0 Å². The summed E-state index contributed by atoms with van der Waals surface area (Å²) in [5.74, 6) is -0.00293. The van der Waals surface area contributed by atoms with Crippen molar-refractivity contribution < 1.29 is 9.53 Å². The summed E-state index contributed by atoms with van der Waals surface area (Å²) in [6, 6.07) is 6.37. The normalized spacial score (nSPS) is 26.0. The van der Waals surface area contributed by atoms with Crippen molar-refractivity contribution in [2.24, 2.45) is 7.05 Å². The molecule has 0 saturated carbocycles. The highest BCUT2D eigenvalue weighted by molar-refractivity contribution is 5.79. The van der Waals surface area contributed by atoms with E-state index >= 15 is 0 Å². The summed E-state index contributed by atoms with van der Waals surface area (Å²) >= 11 is 0. The van der Waals surface area contributed by atoms with Crippen molar-refractivity contribution in [2.75, 3.05) is 19.7 Å². The van der Waals surface area contributed by atoms with Crippen LogP contribution in [0.25, 0.3) is 11.0 Å². The molecule has 0 unspecified atom stereocenters. The van der Waals surface area contributed by atoms with Gasteiger partial charge in [-0.05, 0) is 18.1 Å². The van der Waals surface area contributed by atoms with E-state index < -0.39 is 0 Å². The number of imidazole rings is 1. The van der Waals surface area contributed by atoms with E-state index in [1.165, 1.54) is 11.1 Å². The lowest BCUT2D eigenvalue weighted by Gasteiger charge is -2.41. The number of aromatic nitrogens is 2. The second kappa shape index (κ2) is 5.37. The molecule has 2 aliphatic heterocycles. The zero-order valence-corrected chi connectivity index (χ0v) is 12.7. The van der Waals surface area contributed by atoms with E-state index in [2.05, 4.69) is 31.9 Å². The number of amides is 1. The van der Waals surface area contributed by atoms with Crippen molar-refractivity contribution in [2.45, 2.75) is 25.1 Å². The molecule has 4 rings (SSSR count). The number of nitrogens with one attached hydrogen (secondary N) is 1. The Bertz CT molecular complexity index is 711. The van der Waals surface area contributed by atoms with Crippen molar-refractivity contribution in [3.8, 4) is 0 Å². The summed E-state index contributed by atoms with van der Waals surface area (Å²) in [7, 11) is 2.03. The van der Waals surface area contributed by atoms with Crippen molar-refractivity contribution in [3.63, 3.8) is 0 Å². The number of rotatable bonds is 2. The van der Waals surface area contributed by atoms with Crippen LogP contribution in [0.15, 0.2) is 24.5 Å². The lowest BCUT2D eigenvalue weighted by atomic mass is 9.99. The maximum absolute atomic E-state index is 11.5. The van der Waals surface area contributed by atoms with Crippen molar-refractivity contribution in [1.82, 2.24) is 19.8 Å². The Hall–Kier alpha value is -1.92. The number of hydrogen-bond donors (Lipinski definition) is 1. The first-order chi connectivity index (χ1) is 10.7. The fraction of sp³-hybridized carbons (Fsp3) is 0.500. The largest absolute Gasteiger partial charge is 0.366 e. The number of para-hydroxylation sites is 1. The minimum absolute atomic E-state index is 0.00293. The van der Waals surface area contributed by atoms with Crippen molar-refractivity contribution in [3.05, 3.63) is 30.1 Å². The first-order valence-electron chi connectivity index (χ1n) is 7.73. The summed E-state index contributed by atoms with van der Waals surface area (Å²) < 4.78 is 7.69. The quantitative estimate of drug-likeness (QED) is 0.885. The molecule has 2 aliphatic rings. The van der Waals surface area contributed by atoms with Crippen LogP contribution in [0.5, 0.6) is 0 Å². The number of nitrogens with zero attached hydrogens (tertiary/aromatic N) is 3. The Morgan fingerprint density at radius 3 is 3.27 bits per heavy atom. The first kappa shape index (κ1) is 13.7. The molecule has 22 heavy (non-hydrogen) atoms. The molecule has 1 amide bonds. The molecule has 3 heterocycles. The number of piperidine rings is 1. The third-order valence-corrected chi connectivity index (χ3v) is 4.62. The van der Waals surface area contributed by atoms with Crippen LogP contribution in [-0.4, -0.2) is 52.2 Å². The van der Waals surface area contributed by atoms with Crippen LogP contribution in [0.1, 0.15) is 12.0 Å². The summed E-state index contributed by atoms with van der Waals surface area (Å²) in [6.45, 7) is 2.90. The van der Waals surface area contributed by atoms with Crippen LogP contribution in [0.3, 0.4) is 0 Å². The highest BCUT2D eigenvalue weighted by Gasteiger charge is 2.34. The van der Waals surface area contributed by atoms with Gasteiger partial charge in [0, 0.05) is 26.7 Å². The van der Waals surface area contributed by atoms with Gasteiger partial charge in [-0.1, -0.05) is 12.1 Å². The zero-order valence-electron chi connectivity index (χ0n) is 12.7. The number of benzene rings is 1. The summed E-state index contributed by atoms with van der Waals surface area (Å²) in [5.41, 5.74) is 3.50. The summed E-state index contributed by atoms with van der Waals surface area (Å²) in [4.78, 5) is 18.3. The number of hydrogen-bond acceptors (Lipinski definition) is 4. The molecule has 0 bridgehead atoms. The smallest absolute Gasteiger partial charge is 0.246 e. The molecular weight excluding hydrogens is 280 g/mol. The molecule has 2 atom stereocenters. The zero-order chi connectivity index (χ0) is 15.1. The van der Waals surface area contributed by atoms with Crippen LogP contribution < -0.4 is 5.32 Å². The van der Waals surface area contributed by atoms with E-state index in [0.717, 1.165) is 31.6 Å². The molecular formula is C16H20N4O2. The maximum Gasteiger partial charge on any atom is 0.246 e. The van der Waals surface area contributed by atoms with Crippen LogP contribution in [0.4, 0.5) is 0 Å². The van der Waals surface area contributed by atoms with Gasteiger partial charge in [-0.15, -0.1) is 0 Å². The van der Waals surface area contributed by atoms with Gasteiger partial charge in [0.1, 0.15) is 6.61 Å². The Kier molecular flexibility index (Phi) is 3.35. The van der Waals surface area contributed by atoms with Gasteiger partial charge >= 0.3 is 0 Å². The molecule has 116 valence electrons. The van der Waals surface area contributed by atoms with Crippen LogP contribution in [0, 0.1) is 0 Å². The molecule has 0 radical (unpaired) electrons. The fourth-order valence-corrected chi connectivity index (χ4v) is 3.58. The minimum Gasteiger partial charge on any atom is -0.366 e. The fourth-order valence-electron chi connectivity index (χ4n) is 3.58. The number of carbonyl (C=O) groups excluding carboxylic acids is 1. The highest BCUT2D eigenvalue weighted by atomic mass is 16.5. The topological polar surface area (TPSA) is 59.4 Å². The van der Waals surface area contributed by atoms with Gasteiger partial charge in [0.2, 0.25) is 5.91 Å². The predicted octanol–water partition coefficient (Wildman–Crippen LogP) is 0.663. The average molecular weight is 300 g/mol. The lowest BCUT2D eigenvalue weighted by Crippen LogP contribution is -2.60. The number of ether oxygens (including phenoxy) is 1. The Morgan fingerprint density at radius 2 is 2.36 bits per heavy atom. The summed E-state index contributed by atoms with van der Waals surface area (Å²) in [6.07, 6.45) is 2.99. The first-order valence-corrected chi connectivity index (χ1v) is 7.73. The summed E-state index contributed by atoms with van der Waals surface area (Å²) in [5, 5.41) is 3.05. The molecule has 2 fully saturated rings. The van der Waals surface area contributed by atoms with Gasteiger partial charge in [0.25, 0.3) is 0 Å². The Morgan fingerprint density at radius 1 is 1.45 bits per heavy atom. The van der Waals surface area contributed by atoms with Gasteiger partial charge < -0.3 is 14.6 Å². The standard InChI is InChI=1S/C16H20N4O2/c1-19-10-17-12-4-2-3-11(16(12)19)7-20-6-5-14-13(8-20)18-15(21)9-22-14/h2-4,10,13-14H,5-9H2,1H3,(H,18,21)/t13-,14+/m1/s1. The van der Waals surface area contributed by atoms with E-state index in [9.17, 15) is 4.79 Å². The maximum atomic E-state index is 11.5. The van der Waals surface area contributed by atoms with Gasteiger partial charge in [0.05, 0.1) is 29.5 Å². The number of likely N-dealkylation sites (tertiary alicyclic amines) is 1. The molecule has 2 saturated heterocycles. The van der Waals surface area contributed by atoms with Gasteiger partial charge in [0.15, 0.2) is 0 Å². The van der Waals surface area contributed by atoms with Gasteiger partial charge in [-0.2, -0.15) is 0 Å². The second-order valence-corrected chi connectivity index (χ2v) is 6.19. The Labute approximate surface area is 129 Å². The molecule has 1 aromatic carbocycles. The number of carbonyl (C=O) groups is 1. The predicted molar refractivity (Wildman–Crippen MR) is 82.3 cm³/mol. The molecule has 6 nitrogen and oxygen atoms in total. The lowest BCUT2D eigenvalue weighted by molar-refractivity contribution is -0.140. The third-order valence-electron chi connectivity index (χ3n) is 4.62. The molecule has 1 aromatic heterocycles. The molecule has 2 aromatic rings. The molecule has 6 heteroatoms. The van der Waals surface area contributed by atoms with Crippen molar-refractivity contribution >= 4 is 16.9 Å². The minimum atomic E-state index is -0.00293. The number of fused-ring (bicyclic) bond motifs is 2. The van der Waals surface area contributed by atoms with E-state index in [-0.39, 0.29) is 24.7 Å². The SMILES string of the molecule is Cn1cnc2cccc(CN3CC[C@@H]4OCC(=O)N[C@@H]4C3)c21. The molecule has 1 N–H and O–H groups in total. The number of morpholine rings is 1.